The molecule has 0 unspecified atom stereocenters. The Morgan fingerprint density at radius 1 is 1.50 bits per heavy atom. The minimum Gasteiger partial charge on any atom is -0.507 e. The third-order valence-electron chi connectivity index (χ3n) is 1.45. The van der Waals surface area contributed by atoms with E-state index in [1.54, 1.807) is 6.92 Å². The number of esters is 1. The van der Waals surface area contributed by atoms with Gasteiger partial charge in [0.1, 0.15) is 5.75 Å². The lowest BCUT2D eigenvalue weighted by Gasteiger charge is -2.05. The van der Waals surface area contributed by atoms with E-state index < -0.39 is 29.0 Å². The van der Waals surface area contributed by atoms with Crippen LogP contribution < -0.4 is 0 Å². The summed E-state index contributed by atoms with van der Waals surface area (Å²) < 4.78 is 4.55. The lowest BCUT2D eigenvalue weighted by molar-refractivity contribution is 0.0518. The van der Waals surface area contributed by atoms with E-state index in [-0.39, 0.29) is 6.61 Å². The third kappa shape index (κ3) is 1.85. The van der Waals surface area contributed by atoms with Crippen molar-refractivity contribution in [1.82, 2.24) is 4.98 Å². The Bertz CT molecular complexity index is 340. The molecule has 0 bridgehead atoms. The van der Waals surface area contributed by atoms with E-state index in [0.717, 1.165) is 6.07 Å². The standard InChI is InChI=1S/C8H9NO5/c1-2-14-8(13)6-4(10)3-5(11)9-7(6)12/h3H,2H2,1H3,(H3,9,10,11,12). The van der Waals surface area contributed by atoms with Gasteiger partial charge in [-0.2, -0.15) is 4.98 Å². The van der Waals surface area contributed by atoms with E-state index >= 15 is 0 Å². The summed E-state index contributed by atoms with van der Waals surface area (Å²) in [5, 5.41) is 27.2. The maximum absolute atomic E-state index is 11.1. The smallest absolute Gasteiger partial charge is 0.347 e. The fourth-order valence-electron chi connectivity index (χ4n) is 0.905. The highest BCUT2D eigenvalue weighted by Gasteiger charge is 2.19. The van der Waals surface area contributed by atoms with E-state index in [2.05, 4.69) is 9.72 Å². The molecule has 6 nitrogen and oxygen atoms in total. The molecular weight excluding hydrogens is 190 g/mol. The summed E-state index contributed by atoms with van der Waals surface area (Å²) in [7, 11) is 0. The van der Waals surface area contributed by atoms with Gasteiger partial charge in [0.05, 0.1) is 6.61 Å². The molecule has 0 fully saturated rings. The second-order valence-corrected chi connectivity index (χ2v) is 2.42. The fraction of sp³-hybridized carbons (Fsp3) is 0.250. The molecule has 0 aromatic carbocycles. The van der Waals surface area contributed by atoms with Crippen molar-refractivity contribution in [2.45, 2.75) is 6.92 Å². The summed E-state index contributed by atoms with van der Waals surface area (Å²) in [6.45, 7) is 1.69. The molecule has 1 heterocycles. The van der Waals surface area contributed by atoms with E-state index in [4.69, 9.17) is 10.2 Å². The van der Waals surface area contributed by atoms with Crippen molar-refractivity contribution in [2.24, 2.45) is 0 Å². The minimum absolute atomic E-state index is 0.110. The van der Waals surface area contributed by atoms with Gasteiger partial charge in [-0.15, -0.1) is 0 Å². The number of carbonyl (C=O) groups is 1. The van der Waals surface area contributed by atoms with Crippen molar-refractivity contribution in [3.63, 3.8) is 0 Å². The zero-order valence-corrected chi connectivity index (χ0v) is 7.39. The van der Waals surface area contributed by atoms with Gasteiger partial charge in [0.15, 0.2) is 5.56 Å². The monoisotopic (exact) mass is 199 g/mol. The van der Waals surface area contributed by atoms with Gasteiger partial charge < -0.3 is 20.1 Å². The van der Waals surface area contributed by atoms with Crippen LogP contribution in [0.5, 0.6) is 17.5 Å². The molecule has 3 N–H and O–H groups in total. The number of carbonyl (C=O) groups excluding carboxylic acids is 1. The van der Waals surface area contributed by atoms with Crippen molar-refractivity contribution >= 4 is 5.97 Å². The predicted molar refractivity (Wildman–Crippen MR) is 45.2 cm³/mol. The van der Waals surface area contributed by atoms with Gasteiger partial charge >= 0.3 is 5.97 Å². The van der Waals surface area contributed by atoms with Crippen molar-refractivity contribution in [2.75, 3.05) is 6.61 Å². The lowest BCUT2D eigenvalue weighted by Crippen LogP contribution is -2.06. The molecule has 0 aliphatic heterocycles. The minimum atomic E-state index is -0.894. The van der Waals surface area contributed by atoms with E-state index in [9.17, 15) is 9.90 Å². The zero-order chi connectivity index (χ0) is 10.7. The topological polar surface area (TPSA) is 99.9 Å². The van der Waals surface area contributed by atoms with Gasteiger partial charge in [0.25, 0.3) is 0 Å². The summed E-state index contributed by atoms with van der Waals surface area (Å²) in [5.74, 6) is -2.81. The molecule has 14 heavy (non-hydrogen) atoms. The highest BCUT2D eigenvalue weighted by atomic mass is 16.5. The number of pyridine rings is 1. The Labute approximate surface area is 79.4 Å². The molecule has 1 aromatic heterocycles. The number of aromatic hydroxyl groups is 3. The van der Waals surface area contributed by atoms with E-state index in [1.807, 2.05) is 0 Å². The quantitative estimate of drug-likeness (QED) is 0.595. The highest BCUT2D eigenvalue weighted by Crippen LogP contribution is 2.28. The van der Waals surface area contributed by atoms with Crippen LogP contribution in [0.3, 0.4) is 0 Å². The Morgan fingerprint density at radius 2 is 2.14 bits per heavy atom. The highest BCUT2D eigenvalue weighted by molar-refractivity contribution is 5.94. The van der Waals surface area contributed by atoms with Crippen molar-refractivity contribution in [1.29, 1.82) is 0 Å². The van der Waals surface area contributed by atoms with Crippen LogP contribution in [0, 0.1) is 0 Å². The van der Waals surface area contributed by atoms with Crippen molar-refractivity contribution in [3.8, 4) is 17.5 Å². The molecule has 0 aliphatic rings. The molecule has 0 aliphatic carbocycles. The van der Waals surface area contributed by atoms with Crippen molar-refractivity contribution in [3.05, 3.63) is 11.6 Å². The van der Waals surface area contributed by atoms with Crippen LogP contribution in [0.15, 0.2) is 6.07 Å². The van der Waals surface area contributed by atoms with Crippen LogP contribution in [0.25, 0.3) is 0 Å². The van der Waals surface area contributed by atoms with Crippen LogP contribution in [0.1, 0.15) is 17.3 Å². The number of hydrogen-bond acceptors (Lipinski definition) is 6. The van der Waals surface area contributed by atoms with Gasteiger partial charge in [-0.1, -0.05) is 0 Å². The molecule has 1 aromatic rings. The normalized spacial score (nSPS) is 9.79. The molecule has 0 atom stereocenters. The summed E-state index contributed by atoms with van der Waals surface area (Å²) in [6.07, 6.45) is 0. The average molecular weight is 199 g/mol. The first kappa shape index (κ1) is 10.1. The molecule has 6 heteroatoms. The van der Waals surface area contributed by atoms with Gasteiger partial charge in [-0.05, 0) is 6.92 Å². The van der Waals surface area contributed by atoms with Crippen LogP contribution in [-0.4, -0.2) is 32.9 Å². The van der Waals surface area contributed by atoms with Crippen LogP contribution in [0.2, 0.25) is 0 Å². The number of aromatic nitrogens is 1. The first-order valence-corrected chi connectivity index (χ1v) is 3.85. The molecule has 76 valence electrons. The number of hydrogen-bond donors (Lipinski definition) is 3. The molecule has 0 saturated carbocycles. The van der Waals surface area contributed by atoms with Crippen LogP contribution in [0.4, 0.5) is 0 Å². The molecule has 0 saturated heterocycles. The number of rotatable bonds is 2. The summed E-state index contributed by atoms with van der Waals surface area (Å²) in [4.78, 5) is 14.3. The maximum Gasteiger partial charge on any atom is 0.347 e. The van der Waals surface area contributed by atoms with E-state index in [1.165, 1.54) is 0 Å². The summed E-state index contributed by atoms with van der Waals surface area (Å²) in [5.41, 5.74) is -0.454. The van der Waals surface area contributed by atoms with Crippen LogP contribution >= 0.6 is 0 Å². The number of ether oxygens (including phenoxy) is 1. The zero-order valence-electron chi connectivity index (χ0n) is 7.39. The van der Waals surface area contributed by atoms with E-state index in [0.29, 0.717) is 0 Å². The summed E-state index contributed by atoms with van der Waals surface area (Å²) >= 11 is 0. The second kappa shape index (κ2) is 3.82. The first-order valence-electron chi connectivity index (χ1n) is 3.85. The second-order valence-electron chi connectivity index (χ2n) is 2.42. The molecule has 0 radical (unpaired) electrons. The van der Waals surface area contributed by atoms with Gasteiger partial charge in [0, 0.05) is 6.07 Å². The van der Waals surface area contributed by atoms with Crippen LogP contribution in [-0.2, 0) is 4.74 Å². The Kier molecular flexibility index (Phi) is 2.76. The Hall–Kier alpha value is -1.98. The molecular formula is C8H9NO5. The summed E-state index contributed by atoms with van der Waals surface area (Å²) in [6, 6.07) is 0.839. The Balaban J connectivity index is 3.14. The predicted octanol–water partition coefficient (Wildman–Crippen LogP) is 0.375. The lowest BCUT2D eigenvalue weighted by atomic mass is 10.2. The SMILES string of the molecule is CCOC(=O)c1c(O)cc(O)nc1O. The average Bonchev–Trinajstić information content (AvgIpc) is 2.01. The maximum atomic E-state index is 11.1. The molecule has 1 rings (SSSR count). The molecule has 0 spiro atoms. The van der Waals surface area contributed by atoms with Gasteiger partial charge in [0.2, 0.25) is 11.8 Å². The molecule has 0 amide bonds. The van der Waals surface area contributed by atoms with Gasteiger partial charge in [-0.3, -0.25) is 0 Å². The van der Waals surface area contributed by atoms with Crippen molar-refractivity contribution < 1.29 is 24.9 Å². The number of nitrogens with zero attached hydrogens (tertiary/aromatic N) is 1. The third-order valence-corrected chi connectivity index (χ3v) is 1.45. The first-order chi connectivity index (χ1) is 6.56. The Morgan fingerprint density at radius 3 is 2.64 bits per heavy atom. The largest absolute Gasteiger partial charge is 0.507 e. The van der Waals surface area contributed by atoms with Gasteiger partial charge in [-0.25, -0.2) is 4.79 Å². The fourth-order valence-corrected chi connectivity index (χ4v) is 0.905.